The number of benzene rings is 1. The molecule has 0 aromatic heterocycles. The molecule has 0 amide bonds. The molecule has 0 fully saturated rings. The van der Waals surface area contributed by atoms with E-state index in [1.165, 1.54) is 25.1 Å². The van der Waals surface area contributed by atoms with Crippen LogP contribution in [0.5, 0.6) is 0 Å². The Kier molecular flexibility index (Phi) is 4.98. The van der Waals surface area contributed by atoms with E-state index in [0.29, 0.717) is 0 Å². The van der Waals surface area contributed by atoms with Crippen molar-refractivity contribution in [3.63, 3.8) is 0 Å². The first-order valence-corrected chi connectivity index (χ1v) is 7.15. The van der Waals surface area contributed by atoms with Crippen LogP contribution in [0.25, 0.3) is 0 Å². The van der Waals surface area contributed by atoms with Crippen LogP contribution < -0.4 is 4.72 Å². The summed E-state index contributed by atoms with van der Waals surface area (Å²) in [6, 6.07) is 3.86. The van der Waals surface area contributed by atoms with E-state index in [9.17, 15) is 13.2 Å². The monoisotopic (exact) mass is 311 g/mol. The Balaban J connectivity index is 2.87. The third-order valence-electron chi connectivity index (χ3n) is 2.20. The van der Waals surface area contributed by atoms with Gasteiger partial charge in [0.15, 0.2) is 0 Å². The predicted molar refractivity (Wildman–Crippen MR) is 68.5 cm³/mol. The van der Waals surface area contributed by atoms with Crippen LogP contribution in [0.4, 0.5) is 0 Å². The molecule has 0 spiro atoms. The third-order valence-corrected chi connectivity index (χ3v) is 4.36. The van der Waals surface area contributed by atoms with Gasteiger partial charge in [0.1, 0.15) is 0 Å². The molecule has 0 heterocycles. The highest BCUT2D eigenvalue weighted by molar-refractivity contribution is 7.89. The molecule has 1 aromatic rings. The molecular formula is C10H11Cl2NO4S. The van der Waals surface area contributed by atoms with Crippen LogP contribution in [0.15, 0.2) is 23.1 Å². The van der Waals surface area contributed by atoms with E-state index >= 15 is 0 Å². The zero-order chi connectivity index (χ0) is 13.9. The number of carboxylic acids is 1. The van der Waals surface area contributed by atoms with Crippen LogP contribution in [-0.4, -0.2) is 26.0 Å². The Morgan fingerprint density at radius 1 is 1.39 bits per heavy atom. The smallest absolute Gasteiger partial charge is 0.307 e. The van der Waals surface area contributed by atoms with E-state index in [0.717, 1.165) is 0 Å². The molecule has 0 bridgehead atoms. The molecule has 0 saturated carbocycles. The fourth-order valence-corrected chi connectivity index (χ4v) is 2.57. The topological polar surface area (TPSA) is 83.5 Å². The maximum absolute atomic E-state index is 11.8. The number of carboxylic acid groups (broad SMARTS) is 1. The molecule has 1 aromatic carbocycles. The van der Waals surface area contributed by atoms with E-state index in [2.05, 4.69) is 4.72 Å². The van der Waals surface area contributed by atoms with E-state index in [4.69, 9.17) is 28.3 Å². The summed E-state index contributed by atoms with van der Waals surface area (Å²) in [5.74, 6) is -1.89. The number of carbonyl (C=O) groups is 1. The summed E-state index contributed by atoms with van der Waals surface area (Å²) in [5.41, 5.74) is 0. The first-order valence-electron chi connectivity index (χ1n) is 4.91. The van der Waals surface area contributed by atoms with Gasteiger partial charge in [0.2, 0.25) is 10.0 Å². The largest absolute Gasteiger partial charge is 0.481 e. The van der Waals surface area contributed by atoms with E-state index < -0.39 is 21.9 Å². The lowest BCUT2D eigenvalue weighted by molar-refractivity contribution is -0.140. The summed E-state index contributed by atoms with van der Waals surface area (Å²) in [4.78, 5) is 10.5. The molecule has 1 atom stereocenters. The van der Waals surface area contributed by atoms with Crippen molar-refractivity contribution in [3.8, 4) is 0 Å². The van der Waals surface area contributed by atoms with Crippen LogP contribution in [0.1, 0.15) is 6.92 Å². The molecule has 0 radical (unpaired) electrons. The van der Waals surface area contributed by atoms with E-state index in [1.807, 2.05) is 0 Å². The maximum atomic E-state index is 11.8. The van der Waals surface area contributed by atoms with Crippen molar-refractivity contribution in [3.05, 3.63) is 28.2 Å². The molecule has 18 heavy (non-hydrogen) atoms. The van der Waals surface area contributed by atoms with Crippen molar-refractivity contribution < 1.29 is 18.3 Å². The Hall–Kier alpha value is -0.820. The van der Waals surface area contributed by atoms with Gasteiger partial charge in [-0.25, -0.2) is 13.1 Å². The van der Waals surface area contributed by atoms with Gasteiger partial charge in [0.05, 0.1) is 20.9 Å². The molecule has 0 saturated heterocycles. The van der Waals surface area contributed by atoms with Crippen molar-refractivity contribution in [2.75, 3.05) is 6.54 Å². The Labute approximate surface area is 115 Å². The summed E-state index contributed by atoms with van der Waals surface area (Å²) < 4.78 is 25.8. The number of rotatable bonds is 5. The van der Waals surface area contributed by atoms with Gasteiger partial charge in [-0.1, -0.05) is 30.1 Å². The van der Waals surface area contributed by atoms with Crippen LogP contribution >= 0.6 is 23.2 Å². The molecular weight excluding hydrogens is 301 g/mol. The van der Waals surface area contributed by atoms with Gasteiger partial charge in [-0.3, -0.25) is 4.79 Å². The molecule has 2 N–H and O–H groups in total. The number of aliphatic carboxylic acids is 1. The number of sulfonamides is 1. The van der Waals surface area contributed by atoms with Crippen molar-refractivity contribution in [2.24, 2.45) is 5.92 Å². The van der Waals surface area contributed by atoms with Gasteiger partial charge in [-0.15, -0.1) is 0 Å². The molecule has 0 aliphatic heterocycles. The molecule has 100 valence electrons. The molecule has 8 heteroatoms. The van der Waals surface area contributed by atoms with E-state index in [-0.39, 0.29) is 21.5 Å². The highest BCUT2D eigenvalue weighted by Crippen LogP contribution is 2.24. The number of halogens is 2. The third kappa shape index (κ3) is 3.84. The molecule has 0 aliphatic rings. The fraction of sp³-hybridized carbons (Fsp3) is 0.300. The van der Waals surface area contributed by atoms with Gasteiger partial charge in [-0.2, -0.15) is 0 Å². The summed E-state index contributed by atoms with van der Waals surface area (Å²) in [6.07, 6.45) is 0. The second kappa shape index (κ2) is 5.88. The first-order chi connectivity index (χ1) is 8.24. The van der Waals surface area contributed by atoms with Gasteiger partial charge >= 0.3 is 5.97 Å². The minimum Gasteiger partial charge on any atom is -0.481 e. The van der Waals surface area contributed by atoms with Crippen molar-refractivity contribution in [1.82, 2.24) is 4.72 Å². The highest BCUT2D eigenvalue weighted by Gasteiger charge is 2.18. The highest BCUT2D eigenvalue weighted by atomic mass is 35.5. The summed E-state index contributed by atoms with van der Waals surface area (Å²) in [7, 11) is -3.78. The predicted octanol–water partition coefficient (Wildman–Crippen LogP) is 1.99. The van der Waals surface area contributed by atoms with Crippen LogP contribution in [-0.2, 0) is 14.8 Å². The van der Waals surface area contributed by atoms with Gasteiger partial charge in [0.25, 0.3) is 0 Å². The zero-order valence-electron chi connectivity index (χ0n) is 9.35. The van der Waals surface area contributed by atoms with Gasteiger partial charge in [0, 0.05) is 6.54 Å². The fourth-order valence-electron chi connectivity index (χ4n) is 1.05. The normalized spacial score (nSPS) is 13.3. The van der Waals surface area contributed by atoms with Crippen molar-refractivity contribution >= 4 is 39.2 Å². The lowest BCUT2D eigenvalue weighted by Crippen LogP contribution is -2.31. The summed E-state index contributed by atoms with van der Waals surface area (Å²) in [5, 5.41) is 9.02. The number of hydrogen-bond acceptors (Lipinski definition) is 3. The van der Waals surface area contributed by atoms with Crippen LogP contribution in [0.2, 0.25) is 10.0 Å². The van der Waals surface area contributed by atoms with Gasteiger partial charge in [-0.05, 0) is 18.2 Å². The summed E-state index contributed by atoms with van der Waals surface area (Å²) in [6.45, 7) is 1.21. The molecule has 5 nitrogen and oxygen atoms in total. The van der Waals surface area contributed by atoms with Gasteiger partial charge < -0.3 is 5.11 Å². The second-order valence-electron chi connectivity index (χ2n) is 3.67. The summed E-state index contributed by atoms with van der Waals surface area (Å²) >= 11 is 11.4. The average Bonchev–Trinajstić information content (AvgIpc) is 2.29. The quantitative estimate of drug-likeness (QED) is 0.871. The lowest BCUT2D eigenvalue weighted by atomic mass is 10.2. The average molecular weight is 312 g/mol. The Bertz CT molecular complexity index is 559. The zero-order valence-corrected chi connectivity index (χ0v) is 11.7. The molecule has 1 rings (SSSR count). The lowest BCUT2D eigenvalue weighted by Gasteiger charge is -2.09. The Morgan fingerprint density at radius 3 is 2.50 bits per heavy atom. The second-order valence-corrected chi connectivity index (χ2v) is 6.25. The first kappa shape index (κ1) is 15.2. The maximum Gasteiger partial charge on any atom is 0.307 e. The van der Waals surface area contributed by atoms with Crippen LogP contribution in [0, 0.1) is 5.92 Å². The number of nitrogens with one attached hydrogen (secondary N) is 1. The van der Waals surface area contributed by atoms with Crippen molar-refractivity contribution in [1.29, 1.82) is 0 Å². The minimum absolute atomic E-state index is 0.0607. The Morgan fingerprint density at radius 2 is 2.00 bits per heavy atom. The van der Waals surface area contributed by atoms with Crippen LogP contribution in [0.3, 0.4) is 0 Å². The standard InChI is InChI=1S/C10H11Cl2NO4S/c1-6(10(14)15)5-13-18(16,17)7-2-3-8(11)9(12)4-7/h2-4,6,13H,5H2,1H3,(H,14,15). The molecule has 0 aliphatic carbocycles. The molecule has 1 unspecified atom stereocenters. The van der Waals surface area contributed by atoms with E-state index in [1.54, 1.807) is 0 Å². The SMILES string of the molecule is CC(CNS(=O)(=O)c1ccc(Cl)c(Cl)c1)C(=O)O. The number of hydrogen-bond donors (Lipinski definition) is 2. The van der Waals surface area contributed by atoms with Crippen molar-refractivity contribution in [2.45, 2.75) is 11.8 Å². The minimum atomic E-state index is -3.78.